The highest BCUT2D eigenvalue weighted by Gasteiger charge is 2.33. The summed E-state index contributed by atoms with van der Waals surface area (Å²) in [6, 6.07) is 3.92. The van der Waals surface area contributed by atoms with Gasteiger partial charge in [0.1, 0.15) is 11.8 Å². The minimum atomic E-state index is -1.48. The van der Waals surface area contributed by atoms with Gasteiger partial charge in [-0.15, -0.1) is 0 Å². The van der Waals surface area contributed by atoms with Crippen LogP contribution in [0.4, 0.5) is 5.95 Å². The second kappa shape index (κ2) is 26.4. The monoisotopic (exact) mass is 942 g/mol. The predicted octanol–water partition coefficient (Wildman–Crippen LogP) is 1.29. The third-order valence-electron chi connectivity index (χ3n) is 9.91. The van der Waals surface area contributed by atoms with Gasteiger partial charge >= 0.3 is 17.9 Å². The van der Waals surface area contributed by atoms with Crippen molar-refractivity contribution in [3.8, 4) is 0 Å². The highest BCUT2D eigenvalue weighted by atomic mass is 33.1. The Bertz CT molecular complexity index is 2290. The number of benzene rings is 1. The molecule has 0 radical (unpaired) electrons. The van der Waals surface area contributed by atoms with E-state index in [0.717, 1.165) is 5.56 Å². The molecular weight excluding hydrogens is 889 g/mol. The van der Waals surface area contributed by atoms with Gasteiger partial charge in [0.05, 0.1) is 36.2 Å². The number of anilines is 1. The van der Waals surface area contributed by atoms with Crippen LogP contribution in [0.2, 0.25) is 0 Å². The van der Waals surface area contributed by atoms with E-state index in [9.17, 15) is 58.5 Å². The number of nitrogens with one attached hydrogen (secondary N) is 3. The van der Waals surface area contributed by atoms with E-state index in [1.165, 1.54) is 34.7 Å². The molecule has 2 aromatic heterocycles. The molecule has 0 fully saturated rings. The maximum atomic E-state index is 13.6. The van der Waals surface area contributed by atoms with Crippen LogP contribution < -0.4 is 33.4 Å². The number of nitrogen functional groups attached to an aromatic ring is 1. The number of hydrogen-bond donors (Lipinski definition) is 9. The molecule has 0 saturated carbocycles. The van der Waals surface area contributed by atoms with Gasteiger partial charge in [0, 0.05) is 55.2 Å². The summed E-state index contributed by atoms with van der Waals surface area (Å²) in [5.74, 6) is -10.8. The number of fused-ring (bicyclic) bond motifs is 1. The highest BCUT2D eigenvalue weighted by molar-refractivity contribution is 8.76. The third-order valence-corrected chi connectivity index (χ3v) is 12.4. The Hall–Kier alpha value is -6.43. The van der Waals surface area contributed by atoms with E-state index in [1.54, 1.807) is 24.3 Å². The van der Waals surface area contributed by atoms with Gasteiger partial charge in [-0.3, -0.25) is 48.3 Å². The van der Waals surface area contributed by atoms with Gasteiger partial charge in [0.2, 0.25) is 17.8 Å². The fourth-order valence-electron chi connectivity index (χ4n) is 6.40. The molecule has 0 aliphatic heterocycles. The number of guanidine groups is 1. The lowest BCUT2D eigenvalue weighted by Crippen LogP contribution is -2.48. The normalized spacial score (nSPS) is 13.4. The van der Waals surface area contributed by atoms with Gasteiger partial charge in [0.15, 0.2) is 28.7 Å². The molecule has 5 atom stereocenters. The molecule has 0 saturated heterocycles. The number of aryl methyl sites for hydroxylation is 2. The number of ketones is 3. The first kappa shape index (κ1) is 52.9. The number of hydrogen-bond acceptors (Lipinski definition) is 16. The molecule has 65 heavy (non-hydrogen) atoms. The lowest BCUT2D eigenvalue weighted by Gasteiger charge is -2.23. The van der Waals surface area contributed by atoms with E-state index < -0.39 is 102 Å². The third kappa shape index (κ3) is 18.3. The van der Waals surface area contributed by atoms with Crippen molar-refractivity contribution in [3.05, 3.63) is 57.6 Å². The van der Waals surface area contributed by atoms with Crippen molar-refractivity contribution in [2.24, 2.45) is 34.2 Å². The lowest BCUT2D eigenvalue weighted by molar-refractivity contribution is -0.144. The minimum Gasteiger partial charge on any atom is -0.481 e. The number of aromatic nitrogens is 4. The summed E-state index contributed by atoms with van der Waals surface area (Å²) in [5.41, 5.74) is 17.6. The van der Waals surface area contributed by atoms with Crippen LogP contribution in [-0.2, 0) is 46.4 Å². The van der Waals surface area contributed by atoms with Crippen molar-refractivity contribution in [2.75, 3.05) is 23.8 Å². The van der Waals surface area contributed by atoms with Gasteiger partial charge in [-0.05, 0) is 37.7 Å². The zero-order valence-corrected chi connectivity index (χ0v) is 37.5. The molecule has 0 aliphatic carbocycles. The fraction of sp³-hybridized carbons (Fsp3) is 0.488. The van der Waals surface area contributed by atoms with E-state index in [4.69, 9.17) is 17.2 Å². The average molecular weight is 943 g/mol. The SMILES string of the molecule is CCSSCC(NC(=O)C(CC(=O)O)CC(=O)C(CCCN=C(N)N)NC(=O)C(C)CC(=O)CCC(CC(=O)c1ccc(CCc2cnc3nc(N)[nH]c(=O)c3n2)cc1)C(=O)O)C(=O)O. The Morgan fingerprint density at radius 1 is 0.831 bits per heavy atom. The molecule has 3 rings (SSSR count). The number of carbonyl (C=O) groups is 8. The van der Waals surface area contributed by atoms with Crippen molar-refractivity contribution >= 4 is 91.7 Å². The number of carboxylic acids is 3. The zero-order chi connectivity index (χ0) is 48.2. The number of carboxylic acid groups (broad SMARTS) is 3. The molecule has 2 amide bonds. The number of aliphatic carboxylic acids is 3. The Morgan fingerprint density at radius 3 is 2.15 bits per heavy atom. The van der Waals surface area contributed by atoms with Crippen LogP contribution >= 0.6 is 21.6 Å². The van der Waals surface area contributed by atoms with Gasteiger partial charge in [0.25, 0.3) is 5.56 Å². The van der Waals surface area contributed by atoms with Crippen LogP contribution in [0.25, 0.3) is 11.2 Å². The summed E-state index contributed by atoms with van der Waals surface area (Å²) in [7, 11) is 2.56. The number of Topliss-reactive ketones (excluding diaryl/α,β-unsaturated/α-hetero) is 3. The van der Waals surface area contributed by atoms with Crippen molar-refractivity contribution in [1.82, 2.24) is 30.6 Å². The van der Waals surface area contributed by atoms with E-state index in [0.29, 0.717) is 24.3 Å². The van der Waals surface area contributed by atoms with Gasteiger partial charge in [-0.2, -0.15) is 4.98 Å². The van der Waals surface area contributed by atoms with Crippen LogP contribution in [0.15, 0.2) is 40.2 Å². The number of amides is 2. The molecule has 24 heteroatoms. The smallest absolute Gasteiger partial charge is 0.327 e. The summed E-state index contributed by atoms with van der Waals surface area (Å²) >= 11 is 0. The van der Waals surface area contributed by atoms with Crippen LogP contribution in [-0.4, -0.2) is 118 Å². The summed E-state index contributed by atoms with van der Waals surface area (Å²) in [6.45, 7) is 3.33. The second-order valence-electron chi connectivity index (χ2n) is 15.1. The van der Waals surface area contributed by atoms with Gasteiger partial charge in [-0.25, -0.2) is 14.8 Å². The Kier molecular flexibility index (Phi) is 21.5. The Balaban J connectivity index is 1.58. The second-order valence-corrected chi connectivity index (χ2v) is 17.9. The van der Waals surface area contributed by atoms with E-state index in [-0.39, 0.29) is 73.0 Å². The van der Waals surface area contributed by atoms with Gasteiger partial charge in [-0.1, -0.05) is 59.7 Å². The predicted molar refractivity (Wildman–Crippen MR) is 242 cm³/mol. The minimum absolute atomic E-state index is 0.0213. The maximum absolute atomic E-state index is 13.6. The van der Waals surface area contributed by atoms with Crippen LogP contribution in [0.3, 0.4) is 0 Å². The summed E-state index contributed by atoms with van der Waals surface area (Å²) in [6.07, 6.45) is -0.142. The van der Waals surface area contributed by atoms with Crippen molar-refractivity contribution in [1.29, 1.82) is 0 Å². The summed E-state index contributed by atoms with van der Waals surface area (Å²) in [5, 5.41) is 33.9. The molecule has 0 aliphatic rings. The number of rotatable bonds is 30. The molecule has 1 aromatic carbocycles. The van der Waals surface area contributed by atoms with E-state index in [1.807, 2.05) is 6.92 Å². The first-order valence-electron chi connectivity index (χ1n) is 20.5. The standard InChI is InChI=1S/C41H54N10O12S2/c1-3-64-65-20-29(39(62)63)49-36(58)25(18-32(55)56)17-31(54)28(5-4-14-45-40(42)43)48-35(57)21(2)15-27(52)13-11-24(38(60)61)16-30(53)23-9-6-22(7-10-23)8-12-26-19-46-34-33(47-26)37(59)51-41(44)50-34/h6-7,9-10,19,21,24-25,28-29H,3-5,8,11-18,20H2,1-2H3,(H,48,57)(H,49,58)(H,55,56)(H,60,61)(H,62,63)(H4,42,43,45)(H3,44,46,50,51,59). The first-order chi connectivity index (χ1) is 30.8. The number of aromatic amines is 1. The largest absolute Gasteiger partial charge is 0.481 e. The number of aliphatic imine (C=N–C) groups is 1. The molecule has 2 heterocycles. The van der Waals surface area contributed by atoms with Crippen molar-refractivity contribution < 1.29 is 53.7 Å². The quantitative estimate of drug-likeness (QED) is 0.0149. The molecule has 12 N–H and O–H groups in total. The van der Waals surface area contributed by atoms with Crippen LogP contribution in [0.1, 0.15) is 86.8 Å². The first-order valence-corrected chi connectivity index (χ1v) is 23.0. The highest BCUT2D eigenvalue weighted by Crippen LogP contribution is 2.23. The van der Waals surface area contributed by atoms with E-state index >= 15 is 0 Å². The molecule has 3 aromatic rings. The fourth-order valence-corrected chi connectivity index (χ4v) is 8.22. The maximum Gasteiger partial charge on any atom is 0.327 e. The summed E-state index contributed by atoms with van der Waals surface area (Å²) in [4.78, 5) is 133. The number of H-pyrrole nitrogens is 1. The zero-order valence-electron chi connectivity index (χ0n) is 35.8. The molecule has 352 valence electrons. The lowest BCUT2D eigenvalue weighted by atomic mass is 9.90. The van der Waals surface area contributed by atoms with Crippen LogP contribution in [0.5, 0.6) is 0 Å². The Morgan fingerprint density at radius 2 is 1.52 bits per heavy atom. The molecular formula is C41H54N10O12S2. The van der Waals surface area contributed by atoms with E-state index in [2.05, 4.69) is 35.6 Å². The molecule has 5 unspecified atom stereocenters. The van der Waals surface area contributed by atoms with Crippen molar-refractivity contribution in [2.45, 2.75) is 90.1 Å². The van der Waals surface area contributed by atoms with Gasteiger partial charge < -0.3 is 43.2 Å². The van der Waals surface area contributed by atoms with Crippen LogP contribution in [0, 0.1) is 17.8 Å². The molecule has 22 nitrogen and oxygen atoms in total. The Labute approximate surface area is 380 Å². The summed E-state index contributed by atoms with van der Waals surface area (Å²) < 4.78 is 0. The number of nitrogens with zero attached hydrogens (tertiary/aromatic N) is 4. The topological polar surface area (TPSA) is 383 Å². The number of nitrogens with two attached hydrogens (primary N) is 3. The van der Waals surface area contributed by atoms with Crippen molar-refractivity contribution in [3.63, 3.8) is 0 Å². The molecule has 0 spiro atoms. The average Bonchev–Trinajstić information content (AvgIpc) is 3.24. The number of carbonyl (C=O) groups excluding carboxylic acids is 5. The molecule has 0 bridgehead atoms.